The largest absolute Gasteiger partial charge is 0.497 e. The Morgan fingerprint density at radius 2 is 1.71 bits per heavy atom. The van der Waals surface area contributed by atoms with Crippen molar-refractivity contribution in [2.24, 2.45) is 0 Å². The lowest BCUT2D eigenvalue weighted by Crippen LogP contribution is -2.25. The van der Waals surface area contributed by atoms with Gasteiger partial charge in [-0.1, -0.05) is 44.2 Å². The minimum atomic E-state index is -4.64. The molecule has 1 aromatic heterocycles. The highest BCUT2D eigenvalue weighted by atomic mass is 31.2. The first-order chi connectivity index (χ1) is 16.1. The van der Waals surface area contributed by atoms with Crippen LogP contribution in [0, 0.1) is 0 Å². The summed E-state index contributed by atoms with van der Waals surface area (Å²) < 4.78 is 14.3. The molecule has 0 radical (unpaired) electrons. The first-order valence-corrected chi connectivity index (χ1v) is 13.0. The van der Waals surface area contributed by atoms with Crippen molar-refractivity contribution in [3.8, 4) is 17.0 Å². The number of benzene rings is 2. The summed E-state index contributed by atoms with van der Waals surface area (Å²) in [5.41, 5.74) is 4.21. The third-order valence-corrected chi connectivity index (χ3v) is 5.49. The second-order valence-electron chi connectivity index (χ2n) is 8.03. The molecule has 0 aliphatic rings. The van der Waals surface area contributed by atoms with Gasteiger partial charge in [0.05, 0.1) is 18.3 Å². The van der Waals surface area contributed by atoms with Crippen LogP contribution in [0.5, 0.6) is 5.75 Å². The standard InChI is InChI=1S/C25H33N3O.H3O4P/c1-5-28(6-2)16-10-11-19(3)26-25-18-24(20-12-8-7-9-13-20)27-23-15-14-21(29-4)17-22(23)25;1-5(2,3)4/h7-9,12-15,17-19H,5-6,10-11,16H2,1-4H3,(H,26,27);(H3,1,2,3,4). The maximum absolute atomic E-state index is 8.88. The fourth-order valence-electron chi connectivity index (χ4n) is 3.71. The highest BCUT2D eigenvalue weighted by Crippen LogP contribution is 2.31. The normalized spacial score (nSPS) is 12.2. The number of aromatic nitrogens is 1. The van der Waals surface area contributed by atoms with E-state index in [0.717, 1.165) is 59.7 Å². The number of anilines is 1. The van der Waals surface area contributed by atoms with Crippen molar-refractivity contribution in [1.82, 2.24) is 9.88 Å². The van der Waals surface area contributed by atoms with Crippen LogP contribution in [0.3, 0.4) is 0 Å². The van der Waals surface area contributed by atoms with Gasteiger partial charge in [-0.15, -0.1) is 0 Å². The molecule has 0 spiro atoms. The average molecular weight is 490 g/mol. The van der Waals surface area contributed by atoms with Gasteiger partial charge in [0, 0.05) is 22.7 Å². The number of pyridine rings is 1. The highest BCUT2D eigenvalue weighted by molar-refractivity contribution is 7.45. The van der Waals surface area contributed by atoms with Crippen molar-refractivity contribution >= 4 is 24.4 Å². The monoisotopic (exact) mass is 489 g/mol. The molecule has 186 valence electrons. The van der Waals surface area contributed by atoms with Gasteiger partial charge < -0.3 is 29.6 Å². The topological polar surface area (TPSA) is 115 Å². The van der Waals surface area contributed by atoms with E-state index in [0.29, 0.717) is 6.04 Å². The third kappa shape index (κ3) is 9.41. The highest BCUT2D eigenvalue weighted by Gasteiger charge is 2.12. The second-order valence-corrected chi connectivity index (χ2v) is 9.06. The quantitative estimate of drug-likeness (QED) is 0.297. The molecule has 34 heavy (non-hydrogen) atoms. The van der Waals surface area contributed by atoms with E-state index < -0.39 is 7.82 Å². The van der Waals surface area contributed by atoms with E-state index in [4.69, 9.17) is 29.0 Å². The number of hydrogen-bond acceptors (Lipinski definition) is 5. The van der Waals surface area contributed by atoms with Crippen LogP contribution >= 0.6 is 7.82 Å². The number of rotatable bonds is 10. The summed E-state index contributed by atoms with van der Waals surface area (Å²) in [7, 11) is -2.93. The molecule has 0 bridgehead atoms. The van der Waals surface area contributed by atoms with Crippen molar-refractivity contribution in [3.63, 3.8) is 0 Å². The Hall–Kier alpha value is -2.48. The number of fused-ring (bicyclic) bond motifs is 1. The van der Waals surface area contributed by atoms with E-state index in [9.17, 15) is 0 Å². The molecule has 0 fully saturated rings. The summed E-state index contributed by atoms with van der Waals surface area (Å²) in [5, 5.41) is 4.84. The fourth-order valence-corrected chi connectivity index (χ4v) is 3.71. The second kappa shape index (κ2) is 13.4. The van der Waals surface area contributed by atoms with Gasteiger partial charge in [0.2, 0.25) is 0 Å². The van der Waals surface area contributed by atoms with E-state index in [1.165, 1.54) is 6.42 Å². The minimum absolute atomic E-state index is 0.381. The molecule has 9 heteroatoms. The summed E-state index contributed by atoms with van der Waals surface area (Å²) in [5.74, 6) is 0.851. The Labute approximate surface area is 201 Å². The van der Waals surface area contributed by atoms with Crippen molar-refractivity contribution in [2.75, 3.05) is 32.1 Å². The summed E-state index contributed by atoms with van der Waals surface area (Å²) in [6, 6.07) is 19.0. The smallest absolute Gasteiger partial charge is 0.466 e. The maximum atomic E-state index is 8.88. The zero-order valence-corrected chi connectivity index (χ0v) is 21.2. The molecule has 3 aromatic rings. The summed E-state index contributed by atoms with van der Waals surface area (Å²) >= 11 is 0. The molecular weight excluding hydrogens is 453 g/mol. The van der Waals surface area contributed by atoms with Gasteiger partial charge in [-0.05, 0) is 63.7 Å². The molecule has 3 rings (SSSR count). The molecule has 0 amide bonds. The number of methoxy groups -OCH3 is 1. The number of hydrogen-bond donors (Lipinski definition) is 4. The van der Waals surface area contributed by atoms with Crippen LogP contribution in [-0.2, 0) is 4.57 Å². The lowest BCUT2D eigenvalue weighted by Gasteiger charge is -2.21. The molecule has 0 saturated heterocycles. The van der Waals surface area contributed by atoms with Crippen molar-refractivity contribution in [3.05, 3.63) is 54.6 Å². The Balaban J connectivity index is 0.000000739. The van der Waals surface area contributed by atoms with Gasteiger partial charge in [0.15, 0.2) is 0 Å². The van der Waals surface area contributed by atoms with Crippen LogP contribution in [0.4, 0.5) is 5.69 Å². The van der Waals surface area contributed by atoms with Crippen molar-refractivity contribution in [1.29, 1.82) is 0 Å². The summed E-state index contributed by atoms with van der Waals surface area (Å²) in [6.45, 7) is 10.1. The van der Waals surface area contributed by atoms with Gasteiger partial charge >= 0.3 is 7.82 Å². The first-order valence-electron chi connectivity index (χ1n) is 11.5. The number of nitrogens with one attached hydrogen (secondary N) is 1. The summed E-state index contributed by atoms with van der Waals surface area (Å²) in [4.78, 5) is 28.9. The Bertz CT molecular complexity index is 1060. The van der Waals surface area contributed by atoms with Gasteiger partial charge in [0.1, 0.15) is 5.75 Å². The molecule has 0 aliphatic heterocycles. The SMILES string of the molecule is CCN(CC)CCCC(C)Nc1cc(-c2ccccc2)nc2ccc(OC)cc12.O=P(O)(O)O. The van der Waals surface area contributed by atoms with Crippen LogP contribution in [0.1, 0.15) is 33.6 Å². The Morgan fingerprint density at radius 3 is 2.29 bits per heavy atom. The minimum Gasteiger partial charge on any atom is -0.497 e. The molecule has 8 nitrogen and oxygen atoms in total. The molecule has 2 aromatic carbocycles. The van der Waals surface area contributed by atoms with Crippen LogP contribution in [0.2, 0.25) is 0 Å². The fraction of sp³-hybridized carbons (Fsp3) is 0.400. The van der Waals surface area contributed by atoms with E-state index >= 15 is 0 Å². The van der Waals surface area contributed by atoms with Crippen LogP contribution in [0.25, 0.3) is 22.2 Å². The van der Waals surface area contributed by atoms with E-state index in [1.54, 1.807) is 7.11 Å². The lowest BCUT2D eigenvalue weighted by atomic mass is 10.1. The van der Waals surface area contributed by atoms with Crippen LogP contribution in [-0.4, -0.2) is 57.4 Å². The van der Waals surface area contributed by atoms with Gasteiger partial charge in [-0.25, -0.2) is 9.55 Å². The maximum Gasteiger partial charge on any atom is 0.466 e. The Morgan fingerprint density at radius 1 is 1.06 bits per heavy atom. The zero-order chi connectivity index (χ0) is 25.1. The van der Waals surface area contributed by atoms with Crippen molar-refractivity contribution in [2.45, 2.75) is 39.7 Å². The van der Waals surface area contributed by atoms with E-state index in [1.807, 2.05) is 18.2 Å². The molecule has 1 heterocycles. The number of nitrogens with zero attached hydrogens (tertiary/aromatic N) is 2. The van der Waals surface area contributed by atoms with Gasteiger partial charge in [-0.2, -0.15) is 0 Å². The predicted molar refractivity (Wildman–Crippen MR) is 138 cm³/mol. The molecule has 1 unspecified atom stereocenters. The molecule has 4 N–H and O–H groups in total. The van der Waals surface area contributed by atoms with Crippen LogP contribution in [0.15, 0.2) is 54.6 Å². The van der Waals surface area contributed by atoms with E-state index in [2.05, 4.69) is 67.4 Å². The first kappa shape index (κ1) is 27.8. The summed E-state index contributed by atoms with van der Waals surface area (Å²) in [6.07, 6.45) is 2.32. The van der Waals surface area contributed by atoms with Crippen molar-refractivity contribution < 1.29 is 24.0 Å². The van der Waals surface area contributed by atoms with Gasteiger partial charge in [0.25, 0.3) is 0 Å². The predicted octanol–water partition coefficient (Wildman–Crippen LogP) is 4.90. The van der Waals surface area contributed by atoms with Gasteiger partial charge in [-0.3, -0.25) is 0 Å². The molecular formula is C25H36N3O5P. The zero-order valence-electron chi connectivity index (χ0n) is 20.3. The van der Waals surface area contributed by atoms with Crippen LogP contribution < -0.4 is 10.1 Å². The average Bonchev–Trinajstić information content (AvgIpc) is 2.81. The molecule has 1 atom stereocenters. The third-order valence-electron chi connectivity index (χ3n) is 5.49. The van der Waals surface area contributed by atoms with E-state index in [-0.39, 0.29) is 0 Å². The molecule has 0 aliphatic carbocycles. The lowest BCUT2D eigenvalue weighted by molar-refractivity contribution is 0.275. The molecule has 0 saturated carbocycles. The Kier molecular flexibility index (Phi) is 11.0. The number of phosphoric acid groups is 1. The number of ether oxygens (including phenoxy) is 1.